The van der Waals surface area contributed by atoms with Gasteiger partial charge in [0.25, 0.3) is 0 Å². The minimum Gasteiger partial charge on any atom is -0.374 e. The van der Waals surface area contributed by atoms with Crippen molar-refractivity contribution >= 4 is 0 Å². The molecule has 0 aliphatic carbocycles. The van der Waals surface area contributed by atoms with Gasteiger partial charge in [-0.05, 0) is 44.4 Å². The molecule has 0 N–H and O–H groups in total. The van der Waals surface area contributed by atoms with E-state index in [1.807, 2.05) is 13.8 Å². The van der Waals surface area contributed by atoms with Crippen LogP contribution in [0.4, 0.5) is 0 Å². The number of ether oxygens (including phenoxy) is 1. The molecular formula is C14H24O. The van der Waals surface area contributed by atoms with Gasteiger partial charge in [-0.1, -0.05) is 32.0 Å². The summed E-state index contributed by atoms with van der Waals surface area (Å²) in [4.78, 5) is 0. The second-order valence-electron chi connectivity index (χ2n) is 4.01. The lowest BCUT2D eigenvalue weighted by Gasteiger charge is -2.24. The summed E-state index contributed by atoms with van der Waals surface area (Å²) in [5.41, 5.74) is 3.70. The lowest BCUT2D eigenvalue weighted by atomic mass is 9.95. The molecule has 0 aliphatic heterocycles. The van der Waals surface area contributed by atoms with Gasteiger partial charge in [0.05, 0.1) is 5.60 Å². The topological polar surface area (TPSA) is 9.23 Å². The number of rotatable bonds is 2. The van der Waals surface area contributed by atoms with Crippen molar-refractivity contribution in [1.82, 2.24) is 0 Å². The van der Waals surface area contributed by atoms with Crippen LogP contribution >= 0.6 is 0 Å². The van der Waals surface area contributed by atoms with Crippen molar-refractivity contribution in [3.63, 3.8) is 0 Å². The molecule has 1 aromatic carbocycles. The average molecular weight is 208 g/mol. The molecule has 0 atom stereocenters. The van der Waals surface area contributed by atoms with Gasteiger partial charge >= 0.3 is 0 Å². The minimum absolute atomic E-state index is 0.182. The first-order valence-electron chi connectivity index (χ1n) is 5.60. The SMILES string of the molecule is CC.COC(C)(C)c1ccc(C)c(C)c1. The Kier molecular flexibility index (Phi) is 5.59. The van der Waals surface area contributed by atoms with Crippen molar-refractivity contribution in [2.75, 3.05) is 7.11 Å². The fourth-order valence-electron chi connectivity index (χ4n) is 1.23. The van der Waals surface area contributed by atoms with Gasteiger partial charge in [-0.25, -0.2) is 0 Å². The normalized spacial score (nSPS) is 10.6. The first-order chi connectivity index (χ1) is 6.97. The molecule has 1 rings (SSSR count). The highest BCUT2D eigenvalue weighted by atomic mass is 16.5. The second kappa shape index (κ2) is 5.92. The van der Waals surface area contributed by atoms with Crippen LogP contribution in [0.2, 0.25) is 0 Å². The van der Waals surface area contributed by atoms with Crippen molar-refractivity contribution in [3.05, 3.63) is 34.9 Å². The van der Waals surface area contributed by atoms with Crippen LogP contribution in [0.1, 0.15) is 44.4 Å². The van der Waals surface area contributed by atoms with Crippen LogP contribution in [0.15, 0.2) is 18.2 Å². The second-order valence-corrected chi connectivity index (χ2v) is 4.01. The predicted molar refractivity (Wildman–Crippen MR) is 67.3 cm³/mol. The molecule has 0 heterocycles. The van der Waals surface area contributed by atoms with E-state index in [1.165, 1.54) is 16.7 Å². The summed E-state index contributed by atoms with van der Waals surface area (Å²) in [5.74, 6) is 0. The summed E-state index contributed by atoms with van der Waals surface area (Å²) in [5, 5.41) is 0. The summed E-state index contributed by atoms with van der Waals surface area (Å²) in [6.07, 6.45) is 0. The van der Waals surface area contributed by atoms with Crippen molar-refractivity contribution < 1.29 is 4.74 Å². The summed E-state index contributed by atoms with van der Waals surface area (Å²) in [6.45, 7) is 12.4. The number of benzene rings is 1. The van der Waals surface area contributed by atoms with E-state index in [0.29, 0.717) is 0 Å². The molecule has 0 saturated heterocycles. The Hall–Kier alpha value is -0.820. The highest BCUT2D eigenvalue weighted by molar-refractivity contribution is 5.32. The van der Waals surface area contributed by atoms with Gasteiger partial charge in [0, 0.05) is 7.11 Å². The molecule has 0 amide bonds. The third kappa shape index (κ3) is 3.67. The van der Waals surface area contributed by atoms with Crippen LogP contribution < -0.4 is 0 Å². The molecule has 0 aromatic heterocycles. The van der Waals surface area contributed by atoms with Crippen LogP contribution in [-0.4, -0.2) is 7.11 Å². The highest BCUT2D eigenvalue weighted by Crippen LogP contribution is 2.25. The number of methoxy groups -OCH3 is 1. The third-order valence-corrected chi connectivity index (χ3v) is 2.71. The summed E-state index contributed by atoms with van der Waals surface area (Å²) >= 11 is 0. The molecule has 0 radical (unpaired) electrons. The molecule has 0 fully saturated rings. The molecule has 0 aliphatic rings. The quantitative estimate of drug-likeness (QED) is 0.707. The molecule has 0 unspecified atom stereocenters. The Balaban J connectivity index is 0.000000921. The zero-order valence-corrected chi connectivity index (χ0v) is 11.1. The Morgan fingerprint density at radius 3 is 1.93 bits per heavy atom. The lowest BCUT2D eigenvalue weighted by molar-refractivity contribution is 0.0192. The van der Waals surface area contributed by atoms with Crippen LogP contribution in [-0.2, 0) is 10.3 Å². The largest absolute Gasteiger partial charge is 0.374 e. The maximum Gasteiger partial charge on any atom is 0.0871 e. The van der Waals surface area contributed by atoms with Gasteiger partial charge < -0.3 is 4.74 Å². The zero-order valence-electron chi connectivity index (χ0n) is 11.1. The molecule has 15 heavy (non-hydrogen) atoms. The lowest BCUT2D eigenvalue weighted by Crippen LogP contribution is -2.19. The van der Waals surface area contributed by atoms with Crippen molar-refractivity contribution in [1.29, 1.82) is 0 Å². The van der Waals surface area contributed by atoms with Gasteiger partial charge in [0.1, 0.15) is 0 Å². The molecule has 86 valence electrons. The third-order valence-electron chi connectivity index (χ3n) is 2.71. The van der Waals surface area contributed by atoms with Gasteiger partial charge in [-0.2, -0.15) is 0 Å². The van der Waals surface area contributed by atoms with Gasteiger partial charge in [-0.3, -0.25) is 0 Å². The smallest absolute Gasteiger partial charge is 0.0871 e. The first-order valence-corrected chi connectivity index (χ1v) is 5.60. The highest BCUT2D eigenvalue weighted by Gasteiger charge is 2.19. The molecular weight excluding hydrogens is 184 g/mol. The number of aryl methyl sites for hydroxylation is 2. The summed E-state index contributed by atoms with van der Waals surface area (Å²) in [6, 6.07) is 6.47. The molecule has 1 heteroatoms. The monoisotopic (exact) mass is 208 g/mol. The molecule has 0 spiro atoms. The zero-order chi connectivity index (χ0) is 12.1. The van der Waals surface area contributed by atoms with Crippen molar-refractivity contribution in [3.8, 4) is 0 Å². The maximum atomic E-state index is 5.42. The fraction of sp³-hybridized carbons (Fsp3) is 0.571. The van der Waals surface area contributed by atoms with Crippen molar-refractivity contribution in [2.24, 2.45) is 0 Å². The summed E-state index contributed by atoms with van der Waals surface area (Å²) < 4.78 is 5.42. The Morgan fingerprint density at radius 2 is 1.53 bits per heavy atom. The molecule has 0 saturated carbocycles. The van der Waals surface area contributed by atoms with Crippen LogP contribution in [0, 0.1) is 13.8 Å². The van der Waals surface area contributed by atoms with Gasteiger partial charge in [0.2, 0.25) is 0 Å². The van der Waals surface area contributed by atoms with E-state index >= 15 is 0 Å². The van der Waals surface area contributed by atoms with Gasteiger partial charge in [-0.15, -0.1) is 0 Å². The van der Waals surface area contributed by atoms with Crippen LogP contribution in [0.5, 0.6) is 0 Å². The molecule has 1 aromatic rings. The number of hydrogen-bond acceptors (Lipinski definition) is 1. The first kappa shape index (κ1) is 14.2. The van der Waals surface area contributed by atoms with Crippen LogP contribution in [0.3, 0.4) is 0 Å². The molecule has 1 nitrogen and oxygen atoms in total. The van der Waals surface area contributed by atoms with E-state index in [2.05, 4.69) is 45.9 Å². The molecule has 0 bridgehead atoms. The minimum atomic E-state index is -0.182. The number of hydrogen-bond donors (Lipinski definition) is 0. The van der Waals surface area contributed by atoms with E-state index < -0.39 is 0 Å². The van der Waals surface area contributed by atoms with E-state index in [0.717, 1.165) is 0 Å². The Bertz CT molecular complexity index is 300. The van der Waals surface area contributed by atoms with Crippen LogP contribution in [0.25, 0.3) is 0 Å². The average Bonchev–Trinajstić information content (AvgIpc) is 2.25. The van der Waals surface area contributed by atoms with E-state index in [1.54, 1.807) is 7.11 Å². The Morgan fingerprint density at radius 1 is 1.00 bits per heavy atom. The predicted octanol–water partition coefficient (Wildman–Crippen LogP) is 4.21. The fourth-order valence-corrected chi connectivity index (χ4v) is 1.23. The van der Waals surface area contributed by atoms with E-state index in [9.17, 15) is 0 Å². The maximum absolute atomic E-state index is 5.42. The van der Waals surface area contributed by atoms with Crippen molar-refractivity contribution in [2.45, 2.75) is 47.1 Å². The Labute approximate surface area is 94.5 Å². The van der Waals surface area contributed by atoms with E-state index in [4.69, 9.17) is 4.74 Å². The summed E-state index contributed by atoms with van der Waals surface area (Å²) in [7, 11) is 1.75. The van der Waals surface area contributed by atoms with Gasteiger partial charge in [0.15, 0.2) is 0 Å². The standard InChI is InChI=1S/C12H18O.C2H6/c1-9-6-7-11(8-10(9)2)12(3,4)13-5;1-2/h6-8H,1-5H3;1-2H3. The van der Waals surface area contributed by atoms with E-state index in [-0.39, 0.29) is 5.60 Å².